The maximum absolute atomic E-state index is 5.59. The van der Waals surface area contributed by atoms with Gasteiger partial charge in [0.2, 0.25) is 0 Å². The second kappa shape index (κ2) is 7.84. The van der Waals surface area contributed by atoms with Crippen molar-refractivity contribution in [1.29, 1.82) is 0 Å². The molecule has 0 atom stereocenters. The number of hydrogen-bond acceptors (Lipinski definition) is 5. The summed E-state index contributed by atoms with van der Waals surface area (Å²) in [7, 11) is 3.67. The Morgan fingerprint density at radius 1 is 1.35 bits per heavy atom. The van der Waals surface area contributed by atoms with Crippen LogP contribution >= 0.6 is 0 Å². The van der Waals surface area contributed by atoms with E-state index >= 15 is 0 Å². The first-order chi connectivity index (χ1) is 8.29. The lowest BCUT2D eigenvalue weighted by molar-refractivity contribution is 0.146. The van der Waals surface area contributed by atoms with E-state index in [1.807, 2.05) is 7.05 Å². The molecule has 5 heteroatoms. The molecule has 0 aromatic carbocycles. The highest BCUT2D eigenvalue weighted by atomic mass is 16.5. The first-order valence-corrected chi connectivity index (χ1v) is 5.92. The Morgan fingerprint density at radius 2 is 2.18 bits per heavy atom. The van der Waals surface area contributed by atoms with Gasteiger partial charge in [0, 0.05) is 20.7 Å². The topological polar surface area (TPSA) is 47.5 Å². The molecular formula is C12H21N3O2. The minimum atomic E-state index is 0.512. The van der Waals surface area contributed by atoms with E-state index < -0.39 is 0 Å². The van der Waals surface area contributed by atoms with E-state index in [-0.39, 0.29) is 0 Å². The summed E-state index contributed by atoms with van der Waals surface area (Å²) < 4.78 is 10.5. The average Bonchev–Trinajstić information content (AvgIpc) is 2.37. The monoisotopic (exact) mass is 239 g/mol. The fourth-order valence-electron chi connectivity index (χ4n) is 1.44. The summed E-state index contributed by atoms with van der Waals surface area (Å²) in [4.78, 5) is 10.3. The molecule has 0 fully saturated rings. The van der Waals surface area contributed by atoms with E-state index in [1.54, 1.807) is 19.6 Å². The summed E-state index contributed by atoms with van der Waals surface area (Å²) in [5.41, 5.74) is 0. The summed E-state index contributed by atoms with van der Waals surface area (Å²) in [6.45, 7) is 4.21. The second-order valence-electron chi connectivity index (χ2n) is 3.83. The molecule has 96 valence electrons. The van der Waals surface area contributed by atoms with Crippen molar-refractivity contribution in [3.8, 4) is 5.75 Å². The fourth-order valence-corrected chi connectivity index (χ4v) is 1.44. The first kappa shape index (κ1) is 13.7. The van der Waals surface area contributed by atoms with Gasteiger partial charge in [-0.05, 0) is 6.42 Å². The highest BCUT2D eigenvalue weighted by molar-refractivity contribution is 5.49. The molecule has 0 aliphatic carbocycles. The molecule has 0 aliphatic rings. The van der Waals surface area contributed by atoms with Crippen LogP contribution < -0.4 is 9.64 Å². The van der Waals surface area contributed by atoms with Crippen LogP contribution in [-0.4, -0.2) is 43.9 Å². The average molecular weight is 239 g/mol. The molecular weight excluding hydrogens is 218 g/mol. The molecule has 1 heterocycles. The first-order valence-electron chi connectivity index (χ1n) is 5.92. The van der Waals surface area contributed by atoms with E-state index in [2.05, 4.69) is 21.8 Å². The molecule has 0 amide bonds. The predicted octanol–water partition coefficient (Wildman–Crippen LogP) is 1.74. The van der Waals surface area contributed by atoms with Crippen LogP contribution in [0.1, 0.15) is 19.8 Å². The van der Waals surface area contributed by atoms with Crippen molar-refractivity contribution in [3.05, 3.63) is 12.5 Å². The third-order valence-electron chi connectivity index (χ3n) is 2.41. The molecule has 0 bridgehead atoms. The predicted molar refractivity (Wildman–Crippen MR) is 67.6 cm³/mol. The van der Waals surface area contributed by atoms with Gasteiger partial charge in [0.1, 0.15) is 12.9 Å². The van der Waals surface area contributed by atoms with E-state index in [0.717, 1.165) is 25.2 Å². The normalized spacial score (nSPS) is 10.3. The third kappa shape index (κ3) is 4.56. The van der Waals surface area contributed by atoms with Crippen LogP contribution in [0.5, 0.6) is 5.75 Å². The zero-order valence-electron chi connectivity index (χ0n) is 10.8. The number of rotatable bonds is 8. The number of unbranched alkanes of at least 4 members (excludes halogenated alkanes) is 1. The highest BCUT2D eigenvalue weighted by Crippen LogP contribution is 2.23. The SMILES string of the molecule is CCCCN(C)c1ncncc1OCCOC. The number of anilines is 1. The van der Waals surface area contributed by atoms with E-state index in [9.17, 15) is 0 Å². The minimum Gasteiger partial charge on any atom is -0.486 e. The zero-order valence-corrected chi connectivity index (χ0v) is 10.8. The van der Waals surface area contributed by atoms with Crippen LogP contribution in [0.4, 0.5) is 5.82 Å². The molecule has 0 saturated heterocycles. The van der Waals surface area contributed by atoms with Crippen molar-refractivity contribution in [2.24, 2.45) is 0 Å². The minimum absolute atomic E-state index is 0.512. The summed E-state index contributed by atoms with van der Waals surface area (Å²) in [5.74, 6) is 1.55. The molecule has 0 saturated carbocycles. The Morgan fingerprint density at radius 3 is 2.88 bits per heavy atom. The van der Waals surface area contributed by atoms with Gasteiger partial charge in [0.15, 0.2) is 11.6 Å². The molecule has 1 aromatic heterocycles. The molecule has 1 aromatic rings. The van der Waals surface area contributed by atoms with E-state index in [4.69, 9.17) is 9.47 Å². The Kier molecular flexibility index (Phi) is 6.32. The molecule has 0 radical (unpaired) electrons. The zero-order chi connectivity index (χ0) is 12.5. The van der Waals surface area contributed by atoms with Gasteiger partial charge in [0.25, 0.3) is 0 Å². The summed E-state index contributed by atoms with van der Waals surface area (Å²) in [6.07, 6.45) is 5.54. The van der Waals surface area contributed by atoms with E-state index in [0.29, 0.717) is 19.0 Å². The van der Waals surface area contributed by atoms with Gasteiger partial charge in [-0.3, -0.25) is 0 Å². The lowest BCUT2D eigenvalue weighted by Crippen LogP contribution is -2.21. The number of hydrogen-bond donors (Lipinski definition) is 0. The van der Waals surface area contributed by atoms with Gasteiger partial charge in [-0.2, -0.15) is 0 Å². The van der Waals surface area contributed by atoms with Crippen molar-refractivity contribution in [2.75, 3.05) is 38.8 Å². The second-order valence-corrected chi connectivity index (χ2v) is 3.83. The van der Waals surface area contributed by atoms with Crippen molar-refractivity contribution in [3.63, 3.8) is 0 Å². The molecule has 5 nitrogen and oxygen atoms in total. The summed E-state index contributed by atoms with van der Waals surface area (Å²) in [6, 6.07) is 0. The number of ether oxygens (including phenoxy) is 2. The van der Waals surface area contributed by atoms with Crippen LogP contribution in [0.3, 0.4) is 0 Å². The van der Waals surface area contributed by atoms with Gasteiger partial charge in [-0.25, -0.2) is 9.97 Å². The van der Waals surface area contributed by atoms with Gasteiger partial charge in [-0.1, -0.05) is 13.3 Å². The molecule has 1 rings (SSSR count). The fraction of sp³-hybridized carbons (Fsp3) is 0.667. The van der Waals surface area contributed by atoms with Gasteiger partial charge < -0.3 is 14.4 Å². The molecule has 0 aliphatic heterocycles. The maximum Gasteiger partial charge on any atom is 0.180 e. The number of aromatic nitrogens is 2. The number of methoxy groups -OCH3 is 1. The molecule has 0 unspecified atom stereocenters. The molecule has 17 heavy (non-hydrogen) atoms. The van der Waals surface area contributed by atoms with Crippen molar-refractivity contribution >= 4 is 5.82 Å². The van der Waals surface area contributed by atoms with Crippen LogP contribution in [0.2, 0.25) is 0 Å². The standard InChI is InChI=1S/C12H21N3O2/c1-4-5-6-15(2)12-11(9-13-10-14-12)17-8-7-16-3/h9-10H,4-8H2,1-3H3. The van der Waals surface area contributed by atoms with Crippen LogP contribution in [0.25, 0.3) is 0 Å². The van der Waals surface area contributed by atoms with Crippen molar-refractivity contribution in [1.82, 2.24) is 9.97 Å². The number of nitrogens with zero attached hydrogens (tertiary/aromatic N) is 3. The van der Waals surface area contributed by atoms with Crippen LogP contribution in [-0.2, 0) is 4.74 Å². The lowest BCUT2D eigenvalue weighted by atomic mass is 10.3. The van der Waals surface area contributed by atoms with E-state index in [1.165, 1.54) is 0 Å². The Bertz CT molecular complexity index is 320. The Balaban J connectivity index is 2.62. The van der Waals surface area contributed by atoms with Gasteiger partial charge >= 0.3 is 0 Å². The smallest absolute Gasteiger partial charge is 0.180 e. The Hall–Kier alpha value is -1.36. The van der Waals surface area contributed by atoms with Crippen LogP contribution in [0, 0.1) is 0 Å². The third-order valence-corrected chi connectivity index (χ3v) is 2.41. The maximum atomic E-state index is 5.59. The summed E-state index contributed by atoms with van der Waals surface area (Å²) >= 11 is 0. The lowest BCUT2D eigenvalue weighted by Gasteiger charge is -2.20. The van der Waals surface area contributed by atoms with Gasteiger partial charge in [0.05, 0.1) is 12.8 Å². The van der Waals surface area contributed by atoms with Crippen molar-refractivity contribution in [2.45, 2.75) is 19.8 Å². The Labute approximate surface area is 103 Å². The highest BCUT2D eigenvalue weighted by Gasteiger charge is 2.09. The van der Waals surface area contributed by atoms with Crippen LogP contribution in [0.15, 0.2) is 12.5 Å². The molecule has 0 N–H and O–H groups in total. The summed E-state index contributed by atoms with van der Waals surface area (Å²) in [5, 5.41) is 0. The quantitative estimate of drug-likeness (QED) is 0.647. The molecule has 0 spiro atoms. The van der Waals surface area contributed by atoms with Crippen molar-refractivity contribution < 1.29 is 9.47 Å². The van der Waals surface area contributed by atoms with Gasteiger partial charge in [-0.15, -0.1) is 0 Å². The largest absolute Gasteiger partial charge is 0.486 e.